The molecule has 0 radical (unpaired) electrons. The Morgan fingerprint density at radius 3 is 1.78 bits per heavy atom. The smallest absolute Gasteiger partial charge is 1.00 e. The predicted octanol–water partition coefficient (Wildman–Crippen LogP) is 2.73. The van der Waals surface area contributed by atoms with Gasteiger partial charge in [-0.1, -0.05) is 84.0 Å². The number of ether oxygens (including phenoxy) is 1. The van der Waals surface area contributed by atoms with Crippen LogP contribution in [-0.2, 0) is 14.3 Å². The number of esters is 2. The molecule has 0 fully saturated rings. The van der Waals surface area contributed by atoms with Crippen LogP contribution in [0, 0.1) is 0 Å². The maximum Gasteiger partial charge on any atom is 1.00 e. The van der Waals surface area contributed by atoms with Gasteiger partial charge in [-0.2, -0.15) is 11.8 Å². The molecule has 6 heteroatoms. The van der Waals surface area contributed by atoms with Crippen molar-refractivity contribution in [3.63, 3.8) is 0 Å². The van der Waals surface area contributed by atoms with E-state index >= 15 is 0 Å². The van der Waals surface area contributed by atoms with E-state index in [0.717, 1.165) is 25.0 Å². The molecule has 0 saturated heterocycles. The molecule has 0 bridgehead atoms. The van der Waals surface area contributed by atoms with Gasteiger partial charge in [0.1, 0.15) is 6.04 Å². The van der Waals surface area contributed by atoms with Crippen LogP contribution in [0.2, 0.25) is 0 Å². The van der Waals surface area contributed by atoms with Crippen LogP contribution in [0.3, 0.4) is 0 Å². The van der Waals surface area contributed by atoms with Gasteiger partial charge in [-0.05, 0) is 24.9 Å². The molecule has 156 valence electrons. The molecular weight excluding hydrogens is 369 g/mol. The summed E-state index contributed by atoms with van der Waals surface area (Å²) in [5, 5.41) is 0. The zero-order valence-electron chi connectivity index (χ0n) is 19.1. The second-order valence-corrected chi connectivity index (χ2v) is 8.16. The molecule has 27 heavy (non-hydrogen) atoms. The number of hydrogen-bond donors (Lipinski definition) is 1. The van der Waals surface area contributed by atoms with Crippen molar-refractivity contribution >= 4 is 23.7 Å². The van der Waals surface area contributed by atoms with Gasteiger partial charge in [-0.3, -0.25) is 4.79 Å². The Balaban J connectivity index is -0.00000312. The first kappa shape index (κ1) is 29.6. The van der Waals surface area contributed by atoms with E-state index < -0.39 is 18.0 Å². The van der Waals surface area contributed by atoms with E-state index in [2.05, 4.69) is 6.92 Å². The van der Waals surface area contributed by atoms with E-state index in [9.17, 15) is 9.59 Å². The van der Waals surface area contributed by atoms with Crippen LogP contribution < -0.4 is 35.3 Å². The summed E-state index contributed by atoms with van der Waals surface area (Å²) >= 11 is 1.62. The summed E-state index contributed by atoms with van der Waals surface area (Å²) < 4.78 is 4.80. The van der Waals surface area contributed by atoms with Gasteiger partial charge in [0.05, 0.1) is 0 Å². The molecule has 1 unspecified atom stereocenters. The van der Waals surface area contributed by atoms with Crippen molar-refractivity contribution in [2.24, 2.45) is 5.73 Å². The SMILES string of the molecule is CCCCCCCCCCCCCCCC(=O)OC(=O)C(N)CCSC.[H-].[Na+]. The van der Waals surface area contributed by atoms with Gasteiger partial charge in [0.15, 0.2) is 0 Å². The number of unbranched alkanes of at least 4 members (excludes halogenated alkanes) is 12. The molecule has 0 aliphatic rings. The summed E-state index contributed by atoms with van der Waals surface area (Å²) in [6.45, 7) is 2.26. The van der Waals surface area contributed by atoms with Crippen LogP contribution in [0.4, 0.5) is 0 Å². The topological polar surface area (TPSA) is 69.4 Å². The van der Waals surface area contributed by atoms with Crippen LogP contribution in [0.15, 0.2) is 0 Å². The van der Waals surface area contributed by atoms with Crippen molar-refractivity contribution in [1.29, 1.82) is 0 Å². The molecule has 0 aromatic carbocycles. The van der Waals surface area contributed by atoms with Gasteiger partial charge in [0, 0.05) is 6.42 Å². The van der Waals surface area contributed by atoms with E-state index in [4.69, 9.17) is 10.5 Å². The van der Waals surface area contributed by atoms with Gasteiger partial charge in [-0.15, -0.1) is 0 Å². The number of rotatable bonds is 18. The van der Waals surface area contributed by atoms with Crippen molar-refractivity contribution in [3.05, 3.63) is 0 Å². The molecule has 0 aromatic heterocycles. The maximum atomic E-state index is 11.6. The monoisotopic (exact) mass is 411 g/mol. The molecule has 0 aliphatic heterocycles. The fraction of sp³-hybridized carbons (Fsp3) is 0.905. The molecule has 2 N–H and O–H groups in total. The standard InChI is InChI=1S/C21H41NO3S.Na.H/c1-3-4-5-6-7-8-9-10-11-12-13-14-15-16-20(23)25-21(24)19(22)17-18-26-2;;/h19H,3-18,22H2,1-2H3;;/q;+1;-1. The Bertz CT molecular complexity index is 363. The van der Waals surface area contributed by atoms with Crippen LogP contribution in [0.25, 0.3) is 0 Å². The molecule has 0 heterocycles. The fourth-order valence-electron chi connectivity index (χ4n) is 2.89. The Labute approximate surface area is 195 Å². The van der Waals surface area contributed by atoms with Crippen molar-refractivity contribution in [1.82, 2.24) is 0 Å². The van der Waals surface area contributed by atoms with Gasteiger partial charge in [0.2, 0.25) is 0 Å². The first-order valence-electron chi connectivity index (χ1n) is 10.6. The second-order valence-electron chi connectivity index (χ2n) is 7.17. The number of carbonyl (C=O) groups excluding carboxylic acids is 2. The molecule has 4 nitrogen and oxygen atoms in total. The molecule has 0 aromatic rings. The van der Waals surface area contributed by atoms with Gasteiger partial charge >= 0.3 is 41.5 Å². The summed E-state index contributed by atoms with van der Waals surface area (Å²) in [6.07, 6.45) is 19.3. The Hall–Kier alpha value is 0.450. The van der Waals surface area contributed by atoms with Crippen molar-refractivity contribution in [3.8, 4) is 0 Å². The summed E-state index contributed by atoms with van der Waals surface area (Å²) in [6, 6.07) is -0.682. The number of carbonyl (C=O) groups is 2. The quantitative estimate of drug-likeness (QED) is 0.163. The minimum Gasteiger partial charge on any atom is -1.00 e. The largest absolute Gasteiger partial charge is 1.00 e. The minimum atomic E-state index is -0.682. The van der Waals surface area contributed by atoms with E-state index in [1.54, 1.807) is 11.8 Å². The number of thioether (sulfide) groups is 1. The van der Waals surface area contributed by atoms with Crippen molar-refractivity contribution < 1.29 is 45.3 Å². The molecule has 0 rings (SSSR count). The van der Waals surface area contributed by atoms with Gasteiger partial charge < -0.3 is 11.9 Å². The normalized spacial score (nSPS) is 11.7. The predicted molar refractivity (Wildman–Crippen MR) is 113 cm³/mol. The van der Waals surface area contributed by atoms with E-state index in [0.29, 0.717) is 12.8 Å². The summed E-state index contributed by atoms with van der Waals surface area (Å²) in [7, 11) is 0. The molecule has 0 saturated carbocycles. The number of hydrogen-bond acceptors (Lipinski definition) is 5. The molecule has 0 aliphatic carbocycles. The Morgan fingerprint density at radius 2 is 1.33 bits per heavy atom. The second kappa shape index (κ2) is 22.7. The Morgan fingerprint density at radius 1 is 0.889 bits per heavy atom. The van der Waals surface area contributed by atoms with E-state index in [1.807, 2.05) is 6.26 Å². The third-order valence-electron chi connectivity index (χ3n) is 4.63. The van der Waals surface area contributed by atoms with Gasteiger partial charge in [0.25, 0.3) is 0 Å². The van der Waals surface area contributed by atoms with Crippen LogP contribution in [-0.4, -0.2) is 30.0 Å². The molecule has 1 atom stereocenters. The fourth-order valence-corrected chi connectivity index (χ4v) is 3.38. The summed E-state index contributed by atoms with van der Waals surface area (Å²) in [5.74, 6) is -0.222. The summed E-state index contributed by atoms with van der Waals surface area (Å²) in [5.41, 5.74) is 5.69. The van der Waals surface area contributed by atoms with Crippen LogP contribution in [0.1, 0.15) is 105 Å². The summed E-state index contributed by atoms with van der Waals surface area (Å²) in [4.78, 5) is 23.2. The van der Waals surface area contributed by atoms with Crippen molar-refractivity contribution in [2.75, 3.05) is 12.0 Å². The molecular formula is C21H42NNaO3S. The Kier molecular flexibility index (Phi) is 25.0. The third-order valence-corrected chi connectivity index (χ3v) is 5.28. The van der Waals surface area contributed by atoms with Crippen molar-refractivity contribution in [2.45, 2.75) is 109 Å². The maximum absolute atomic E-state index is 11.6. The first-order valence-corrected chi connectivity index (χ1v) is 12.0. The number of nitrogens with two attached hydrogens (primary N) is 1. The zero-order chi connectivity index (χ0) is 19.5. The third kappa shape index (κ3) is 21.0. The molecule has 0 spiro atoms. The zero-order valence-corrected chi connectivity index (χ0v) is 20.9. The molecule has 0 amide bonds. The first-order chi connectivity index (χ1) is 12.6. The van der Waals surface area contributed by atoms with Crippen LogP contribution >= 0.6 is 11.8 Å². The van der Waals surface area contributed by atoms with Gasteiger partial charge in [-0.25, -0.2) is 4.79 Å². The average molecular weight is 412 g/mol. The minimum absolute atomic E-state index is 0. The van der Waals surface area contributed by atoms with Crippen LogP contribution in [0.5, 0.6) is 0 Å². The van der Waals surface area contributed by atoms with E-state index in [1.165, 1.54) is 64.2 Å². The average Bonchev–Trinajstić information content (AvgIpc) is 2.63. The van der Waals surface area contributed by atoms with E-state index in [-0.39, 0.29) is 31.0 Å².